The molecule has 25 heavy (non-hydrogen) atoms. The molecule has 0 aliphatic carbocycles. The number of carbonyl (C=O) groups is 3. The lowest BCUT2D eigenvalue weighted by Crippen LogP contribution is -2.39. The van der Waals surface area contributed by atoms with Gasteiger partial charge >= 0.3 is 5.97 Å². The van der Waals surface area contributed by atoms with Crippen LogP contribution >= 0.6 is 0 Å². The molecule has 1 fully saturated rings. The number of nitrogens with zero attached hydrogens (tertiary/aromatic N) is 1. The zero-order chi connectivity index (χ0) is 18.0. The first kappa shape index (κ1) is 17.5. The molecule has 0 aromatic heterocycles. The monoisotopic (exact) mass is 368 g/mol. The molecule has 9 nitrogen and oxygen atoms in total. The second-order valence-electron chi connectivity index (χ2n) is 5.66. The van der Waals surface area contributed by atoms with Crippen molar-refractivity contribution in [3.63, 3.8) is 0 Å². The number of rotatable bonds is 6. The SMILES string of the molecule is O=C(CS(=O)(=O)NCC1CCCO1)ON1C(=O)c2ccccc2C1=O. The number of amides is 2. The Morgan fingerprint density at radius 3 is 2.44 bits per heavy atom. The topological polar surface area (TPSA) is 119 Å². The third-order valence-corrected chi connectivity index (χ3v) is 5.03. The molecule has 2 aliphatic rings. The van der Waals surface area contributed by atoms with Gasteiger partial charge in [-0.15, -0.1) is 0 Å². The van der Waals surface area contributed by atoms with E-state index in [1.54, 1.807) is 12.1 Å². The summed E-state index contributed by atoms with van der Waals surface area (Å²) in [5.74, 6) is -3.85. The van der Waals surface area contributed by atoms with Crippen molar-refractivity contribution in [2.24, 2.45) is 0 Å². The molecule has 3 rings (SSSR count). The number of hydrogen-bond acceptors (Lipinski definition) is 7. The molecule has 2 amide bonds. The average molecular weight is 368 g/mol. The first-order valence-electron chi connectivity index (χ1n) is 7.65. The maximum atomic E-state index is 12.1. The number of carbonyl (C=O) groups excluding carboxylic acids is 3. The second kappa shape index (κ2) is 6.90. The zero-order valence-electron chi connectivity index (χ0n) is 13.1. The minimum absolute atomic E-state index is 0.0582. The van der Waals surface area contributed by atoms with Gasteiger partial charge in [-0.2, -0.15) is 0 Å². The van der Waals surface area contributed by atoms with Crippen LogP contribution in [0.5, 0.6) is 0 Å². The largest absolute Gasteiger partial charge is 0.377 e. The van der Waals surface area contributed by atoms with E-state index in [0.29, 0.717) is 6.61 Å². The quantitative estimate of drug-likeness (QED) is 0.693. The highest BCUT2D eigenvalue weighted by atomic mass is 32.2. The Kier molecular flexibility index (Phi) is 4.84. The summed E-state index contributed by atoms with van der Waals surface area (Å²) >= 11 is 0. The van der Waals surface area contributed by atoms with Crippen LogP contribution in [0.15, 0.2) is 24.3 Å². The predicted octanol–water partition coefficient (Wildman–Crippen LogP) is -0.161. The Hall–Kier alpha value is -2.30. The highest BCUT2D eigenvalue weighted by Gasteiger charge is 2.39. The highest BCUT2D eigenvalue weighted by Crippen LogP contribution is 2.22. The number of ether oxygens (including phenoxy) is 1. The molecule has 0 radical (unpaired) electrons. The van der Waals surface area contributed by atoms with Gasteiger partial charge in [0.05, 0.1) is 17.2 Å². The van der Waals surface area contributed by atoms with Crippen molar-refractivity contribution in [2.75, 3.05) is 18.9 Å². The lowest BCUT2D eigenvalue weighted by atomic mass is 10.1. The smallest absolute Gasteiger partial charge is 0.349 e. The summed E-state index contributed by atoms with van der Waals surface area (Å²) in [7, 11) is -3.97. The van der Waals surface area contributed by atoms with Crippen LogP contribution in [-0.2, 0) is 24.4 Å². The zero-order valence-corrected chi connectivity index (χ0v) is 14.0. The van der Waals surface area contributed by atoms with Gasteiger partial charge in [-0.25, -0.2) is 17.9 Å². The molecule has 0 spiro atoms. The van der Waals surface area contributed by atoms with Crippen LogP contribution < -0.4 is 4.72 Å². The van der Waals surface area contributed by atoms with E-state index in [0.717, 1.165) is 12.8 Å². The van der Waals surface area contributed by atoms with Gasteiger partial charge in [0.2, 0.25) is 10.0 Å². The van der Waals surface area contributed by atoms with Crippen molar-refractivity contribution in [3.05, 3.63) is 35.4 Å². The summed E-state index contributed by atoms with van der Waals surface area (Å²) in [4.78, 5) is 40.6. The molecule has 2 heterocycles. The molecule has 1 N–H and O–H groups in total. The van der Waals surface area contributed by atoms with Crippen LogP contribution in [-0.4, -0.2) is 56.3 Å². The number of nitrogens with one attached hydrogen (secondary N) is 1. The van der Waals surface area contributed by atoms with E-state index in [9.17, 15) is 22.8 Å². The van der Waals surface area contributed by atoms with E-state index in [1.165, 1.54) is 12.1 Å². The van der Waals surface area contributed by atoms with Crippen LogP contribution in [0.2, 0.25) is 0 Å². The molecule has 0 bridgehead atoms. The minimum atomic E-state index is -3.97. The summed E-state index contributed by atoms with van der Waals surface area (Å²) in [6.07, 6.45) is 1.37. The van der Waals surface area contributed by atoms with Gasteiger partial charge in [0, 0.05) is 13.2 Å². The van der Waals surface area contributed by atoms with Gasteiger partial charge in [-0.3, -0.25) is 9.59 Å². The summed E-state index contributed by atoms with van der Waals surface area (Å²) in [5.41, 5.74) is 0.194. The predicted molar refractivity (Wildman–Crippen MR) is 83.8 cm³/mol. The number of imide groups is 1. The van der Waals surface area contributed by atoms with Crippen molar-refractivity contribution >= 4 is 27.8 Å². The summed E-state index contributed by atoms with van der Waals surface area (Å²) in [6, 6.07) is 5.97. The van der Waals surface area contributed by atoms with E-state index in [2.05, 4.69) is 9.56 Å². The van der Waals surface area contributed by atoms with Crippen LogP contribution in [0, 0.1) is 0 Å². The molecule has 1 aromatic rings. The van der Waals surface area contributed by atoms with E-state index >= 15 is 0 Å². The molecule has 10 heteroatoms. The van der Waals surface area contributed by atoms with Gasteiger partial charge in [-0.05, 0) is 25.0 Å². The Labute approximate surface area is 143 Å². The van der Waals surface area contributed by atoms with Gasteiger partial charge in [-0.1, -0.05) is 17.2 Å². The minimum Gasteiger partial charge on any atom is -0.377 e. The summed E-state index contributed by atoms with van der Waals surface area (Å²) in [6.45, 7) is 0.636. The lowest BCUT2D eigenvalue weighted by Gasteiger charge is -2.14. The van der Waals surface area contributed by atoms with Gasteiger partial charge in [0.25, 0.3) is 11.8 Å². The molecular weight excluding hydrogens is 352 g/mol. The number of hydroxylamine groups is 2. The van der Waals surface area contributed by atoms with Gasteiger partial charge in [0.1, 0.15) is 0 Å². The summed E-state index contributed by atoms with van der Waals surface area (Å²) < 4.78 is 31.3. The molecule has 1 unspecified atom stereocenters. The Morgan fingerprint density at radius 1 is 1.24 bits per heavy atom. The van der Waals surface area contributed by atoms with Gasteiger partial charge < -0.3 is 9.57 Å². The van der Waals surface area contributed by atoms with Crippen LogP contribution in [0.3, 0.4) is 0 Å². The molecule has 1 aromatic carbocycles. The van der Waals surface area contributed by atoms with Crippen molar-refractivity contribution in [3.8, 4) is 0 Å². The van der Waals surface area contributed by atoms with Gasteiger partial charge in [0.15, 0.2) is 5.75 Å². The third kappa shape index (κ3) is 3.86. The molecule has 0 saturated carbocycles. The van der Waals surface area contributed by atoms with Crippen LogP contribution in [0.1, 0.15) is 33.6 Å². The standard InChI is InChI=1S/C15H16N2O7S/c18-13(9-25(21,22)16-8-10-4-3-7-23-10)24-17-14(19)11-5-1-2-6-12(11)15(17)20/h1-2,5-6,10,16H,3-4,7-9H2. The molecule has 1 atom stereocenters. The van der Waals surface area contributed by atoms with Crippen LogP contribution in [0.4, 0.5) is 0 Å². The number of fused-ring (bicyclic) bond motifs is 1. The molecule has 134 valence electrons. The van der Waals surface area contributed by atoms with Crippen molar-refractivity contribution in [1.29, 1.82) is 0 Å². The first-order valence-corrected chi connectivity index (χ1v) is 9.30. The average Bonchev–Trinajstić information content (AvgIpc) is 3.17. The third-order valence-electron chi connectivity index (χ3n) is 3.81. The number of hydrogen-bond donors (Lipinski definition) is 1. The van der Waals surface area contributed by atoms with Crippen molar-refractivity contribution in [1.82, 2.24) is 9.79 Å². The Balaban J connectivity index is 1.57. The molecule has 1 saturated heterocycles. The molecule has 2 aliphatic heterocycles. The fourth-order valence-electron chi connectivity index (χ4n) is 2.61. The number of benzene rings is 1. The van der Waals surface area contributed by atoms with E-state index < -0.39 is 33.6 Å². The second-order valence-corrected chi connectivity index (χ2v) is 7.46. The van der Waals surface area contributed by atoms with E-state index in [-0.39, 0.29) is 28.8 Å². The Bertz CT molecular complexity index is 780. The number of sulfonamides is 1. The maximum absolute atomic E-state index is 12.1. The lowest BCUT2D eigenvalue weighted by molar-refractivity contribution is -0.165. The van der Waals surface area contributed by atoms with E-state index in [1.807, 2.05) is 0 Å². The van der Waals surface area contributed by atoms with Crippen LogP contribution in [0.25, 0.3) is 0 Å². The summed E-state index contributed by atoms with van der Waals surface area (Å²) in [5, 5.41) is 0.280. The van der Waals surface area contributed by atoms with Crippen molar-refractivity contribution in [2.45, 2.75) is 18.9 Å². The fourth-order valence-corrected chi connectivity index (χ4v) is 3.51. The van der Waals surface area contributed by atoms with Crippen molar-refractivity contribution < 1.29 is 32.4 Å². The van der Waals surface area contributed by atoms with E-state index in [4.69, 9.17) is 4.74 Å². The Morgan fingerprint density at radius 2 is 1.88 bits per heavy atom. The fraction of sp³-hybridized carbons (Fsp3) is 0.400. The maximum Gasteiger partial charge on any atom is 0.349 e. The highest BCUT2D eigenvalue weighted by molar-refractivity contribution is 7.90. The first-order chi connectivity index (χ1) is 11.9. The normalized spacial score (nSPS) is 20.0. The molecular formula is C15H16N2O7S.